The van der Waals surface area contributed by atoms with Gasteiger partial charge in [0.15, 0.2) is 0 Å². The molecule has 1 aliphatic rings. The van der Waals surface area contributed by atoms with Crippen LogP contribution >= 0.6 is 0 Å². The normalized spacial score (nSPS) is 18.5. The fourth-order valence-electron chi connectivity index (χ4n) is 4.29. The van der Waals surface area contributed by atoms with Crippen molar-refractivity contribution < 1.29 is 9.53 Å². The van der Waals surface area contributed by atoms with E-state index in [4.69, 9.17) is 10.5 Å². The molecule has 4 rings (SSSR count). The molecule has 0 bridgehead atoms. The SMILES string of the molecule is CCOC(=O)Cc1ccc(N)c(-c2cccc(C3(c4ccccc4)CNCCN3)c2)c1. The zero-order chi connectivity index (χ0) is 21.7. The third kappa shape index (κ3) is 4.48. The Morgan fingerprint density at radius 1 is 1.00 bits per heavy atom. The summed E-state index contributed by atoms with van der Waals surface area (Å²) in [6, 6.07) is 24.8. The van der Waals surface area contributed by atoms with Crippen molar-refractivity contribution >= 4 is 11.7 Å². The lowest BCUT2D eigenvalue weighted by atomic mass is 9.80. The molecule has 0 amide bonds. The number of nitrogen functional groups attached to an aromatic ring is 1. The highest BCUT2D eigenvalue weighted by Gasteiger charge is 2.35. The van der Waals surface area contributed by atoms with Gasteiger partial charge in [0.1, 0.15) is 0 Å². The third-order valence-electron chi connectivity index (χ3n) is 5.82. The number of esters is 1. The molecule has 160 valence electrons. The molecular formula is C26H29N3O2. The van der Waals surface area contributed by atoms with Crippen LogP contribution in [0.2, 0.25) is 0 Å². The highest BCUT2D eigenvalue weighted by atomic mass is 16.5. The van der Waals surface area contributed by atoms with Gasteiger partial charge in [-0.1, -0.05) is 54.6 Å². The molecule has 0 saturated carbocycles. The summed E-state index contributed by atoms with van der Waals surface area (Å²) in [5, 5.41) is 7.30. The average molecular weight is 416 g/mol. The van der Waals surface area contributed by atoms with Crippen molar-refractivity contribution in [2.45, 2.75) is 18.9 Å². The number of hydrogen-bond acceptors (Lipinski definition) is 5. The first-order valence-corrected chi connectivity index (χ1v) is 10.8. The summed E-state index contributed by atoms with van der Waals surface area (Å²) >= 11 is 0. The molecule has 1 saturated heterocycles. The van der Waals surface area contributed by atoms with Crippen LogP contribution in [0.3, 0.4) is 0 Å². The zero-order valence-corrected chi connectivity index (χ0v) is 17.9. The number of piperazine rings is 1. The first-order chi connectivity index (χ1) is 15.1. The summed E-state index contributed by atoms with van der Waals surface area (Å²) in [5.74, 6) is -0.229. The molecule has 0 aromatic heterocycles. The van der Waals surface area contributed by atoms with Crippen LogP contribution in [-0.2, 0) is 21.5 Å². The Morgan fingerprint density at radius 2 is 1.81 bits per heavy atom. The second kappa shape index (κ2) is 9.33. The Balaban J connectivity index is 1.73. The van der Waals surface area contributed by atoms with Crippen molar-refractivity contribution in [1.29, 1.82) is 0 Å². The minimum absolute atomic E-state index is 0.229. The van der Waals surface area contributed by atoms with Gasteiger partial charge in [-0.2, -0.15) is 0 Å². The molecule has 3 aromatic carbocycles. The maximum atomic E-state index is 11.9. The van der Waals surface area contributed by atoms with Gasteiger partial charge in [0.25, 0.3) is 0 Å². The molecule has 1 fully saturated rings. The number of hydrogen-bond donors (Lipinski definition) is 3. The summed E-state index contributed by atoms with van der Waals surface area (Å²) in [6.45, 7) is 4.83. The lowest BCUT2D eigenvalue weighted by molar-refractivity contribution is -0.142. The van der Waals surface area contributed by atoms with Crippen LogP contribution < -0.4 is 16.4 Å². The number of ether oxygens (including phenoxy) is 1. The van der Waals surface area contributed by atoms with Crippen LogP contribution in [0.4, 0.5) is 5.69 Å². The van der Waals surface area contributed by atoms with Gasteiger partial charge in [-0.3, -0.25) is 4.79 Å². The second-order valence-electron chi connectivity index (χ2n) is 7.86. The van der Waals surface area contributed by atoms with Crippen LogP contribution in [0.5, 0.6) is 0 Å². The summed E-state index contributed by atoms with van der Waals surface area (Å²) in [6.07, 6.45) is 0.236. The van der Waals surface area contributed by atoms with E-state index in [-0.39, 0.29) is 17.9 Å². The van der Waals surface area contributed by atoms with Crippen LogP contribution in [0.1, 0.15) is 23.6 Å². The Labute approximate surface area is 183 Å². The van der Waals surface area contributed by atoms with Gasteiger partial charge in [0.05, 0.1) is 18.6 Å². The molecule has 31 heavy (non-hydrogen) atoms. The van der Waals surface area contributed by atoms with E-state index in [9.17, 15) is 4.79 Å². The minimum atomic E-state index is -0.313. The molecule has 1 aliphatic heterocycles. The molecule has 1 unspecified atom stereocenters. The summed E-state index contributed by atoms with van der Waals surface area (Å²) < 4.78 is 5.10. The zero-order valence-electron chi connectivity index (χ0n) is 17.9. The Morgan fingerprint density at radius 3 is 2.55 bits per heavy atom. The third-order valence-corrected chi connectivity index (χ3v) is 5.82. The smallest absolute Gasteiger partial charge is 0.310 e. The molecule has 1 atom stereocenters. The molecule has 0 aliphatic carbocycles. The topological polar surface area (TPSA) is 76.4 Å². The summed E-state index contributed by atoms with van der Waals surface area (Å²) in [4.78, 5) is 11.9. The van der Waals surface area contributed by atoms with Gasteiger partial charge >= 0.3 is 5.97 Å². The molecule has 0 spiro atoms. The fraction of sp³-hybridized carbons (Fsp3) is 0.269. The van der Waals surface area contributed by atoms with Crippen LogP contribution in [0.15, 0.2) is 72.8 Å². The van der Waals surface area contributed by atoms with E-state index in [0.29, 0.717) is 12.3 Å². The van der Waals surface area contributed by atoms with Gasteiger partial charge in [0.2, 0.25) is 0 Å². The fourth-order valence-corrected chi connectivity index (χ4v) is 4.29. The quantitative estimate of drug-likeness (QED) is 0.425. The molecule has 4 N–H and O–H groups in total. The number of nitrogens with one attached hydrogen (secondary N) is 2. The van der Waals surface area contributed by atoms with Crippen molar-refractivity contribution in [2.75, 3.05) is 32.0 Å². The molecule has 1 heterocycles. The maximum Gasteiger partial charge on any atom is 0.310 e. The first kappa shape index (κ1) is 21.1. The van der Waals surface area contributed by atoms with Crippen molar-refractivity contribution in [2.24, 2.45) is 0 Å². The largest absolute Gasteiger partial charge is 0.466 e. The highest BCUT2D eigenvalue weighted by Crippen LogP contribution is 2.35. The van der Waals surface area contributed by atoms with Gasteiger partial charge in [0, 0.05) is 30.9 Å². The standard InChI is InChI=1S/C26H29N3O2/c1-2-31-25(30)16-19-11-12-24(27)23(15-19)20-7-6-10-22(17-20)26(18-28-13-14-29-26)21-8-4-3-5-9-21/h3-12,15,17,28-29H,2,13-14,16,18,27H2,1H3. The Hall–Kier alpha value is -3.15. The van der Waals surface area contributed by atoms with Crippen molar-refractivity contribution in [3.05, 3.63) is 89.5 Å². The Kier molecular flexibility index (Phi) is 6.35. The van der Waals surface area contributed by atoms with E-state index in [0.717, 1.165) is 36.3 Å². The lowest BCUT2D eigenvalue weighted by Crippen LogP contribution is -2.57. The molecule has 5 heteroatoms. The van der Waals surface area contributed by atoms with Crippen LogP contribution in [-0.4, -0.2) is 32.2 Å². The molecular weight excluding hydrogens is 386 g/mol. The second-order valence-corrected chi connectivity index (χ2v) is 7.86. The van der Waals surface area contributed by atoms with Crippen LogP contribution in [0, 0.1) is 0 Å². The van der Waals surface area contributed by atoms with E-state index >= 15 is 0 Å². The van der Waals surface area contributed by atoms with Crippen LogP contribution in [0.25, 0.3) is 11.1 Å². The number of anilines is 1. The number of rotatable bonds is 6. The van der Waals surface area contributed by atoms with Gasteiger partial charge in [-0.15, -0.1) is 0 Å². The average Bonchev–Trinajstić information content (AvgIpc) is 2.81. The number of nitrogens with two attached hydrogens (primary N) is 1. The lowest BCUT2D eigenvalue weighted by Gasteiger charge is -2.40. The van der Waals surface area contributed by atoms with E-state index in [2.05, 4.69) is 59.2 Å². The summed E-state index contributed by atoms with van der Waals surface area (Å²) in [5.41, 5.74) is 12.0. The Bertz CT molecular complexity index is 1040. The molecule has 3 aromatic rings. The minimum Gasteiger partial charge on any atom is -0.466 e. The molecule has 5 nitrogen and oxygen atoms in total. The van der Waals surface area contributed by atoms with Gasteiger partial charge < -0.3 is 21.1 Å². The van der Waals surface area contributed by atoms with E-state index in [1.54, 1.807) is 0 Å². The van der Waals surface area contributed by atoms with Gasteiger partial charge in [-0.25, -0.2) is 0 Å². The van der Waals surface area contributed by atoms with Crippen molar-refractivity contribution in [3.63, 3.8) is 0 Å². The highest BCUT2D eigenvalue weighted by molar-refractivity contribution is 5.80. The van der Waals surface area contributed by atoms with Gasteiger partial charge in [-0.05, 0) is 47.4 Å². The maximum absolute atomic E-state index is 11.9. The van der Waals surface area contributed by atoms with E-state index in [1.807, 2.05) is 31.2 Å². The van der Waals surface area contributed by atoms with Crippen molar-refractivity contribution in [3.8, 4) is 11.1 Å². The number of carbonyl (C=O) groups is 1. The number of carbonyl (C=O) groups excluding carboxylic acids is 1. The predicted octanol–water partition coefficient (Wildman–Crippen LogP) is 3.48. The number of benzene rings is 3. The van der Waals surface area contributed by atoms with E-state index in [1.165, 1.54) is 11.1 Å². The summed E-state index contributed by atoms with van der Waals surface area (Å²) in [7, 11) is 0. The first-order valence-electron chi connectivity index (χ1n) is 10.8. The monoisotopic (exact) mass is 415 g/mol. The van der Waals surface area contributed by atoms with E-state index < -0.39 is 0 Å². The predicted molar refractivity (Wildman–Crippen MR) is 125 cm³/mol. The van der Waals surface area contributed by atoms with Crippen molar-refractivity contribution in [1.82, 2.24) is 10.6 Å². The molecule has 0 radical (unpaired) electrons.